The lowest BCUT2D eigenvalue weighted by molar-refractivity contribution is 0.567. The second-order valence-corrected chi connectivity index (χ2v) is 5.64. The lowest BCUT2D eigenvalue weighted by atomic mass is 10.1. The van der Waals surface area contributed by atoms with Gasteiger partial charge in [-0.05, 0) is 37.6 Å². The number of aromatic nitrogens is 1. The highest BCUT2D eigenvalue weighted by Gasteiger charge is 2.07. The third-order valence-corrected chi connectivity index (χ3v) is 3.95. The number of nitrogens with zero attached hydrogens (tertiary/aromatic N) is 1. The molecular formula is C13H14Cl2N2S. The molecule has 1 aromatic heterocycles. The zero-order valence-electron chi connectivity index (χ0n) is 9.99. The third kappa shape index (κ3) is 3.69. The number of rotatable bonds is 5. The summed E-state index contributed by atoms with van der Waals surface area (Å²) >= 11 is 13.6. The van der Waals surface area contributed by atoms with Gasteiger partial charge in [-0.3, -0.25) is 0 Å². The number of halogens is 2. The minimum Gasteiger partial charge on any atom is -0.308 e. The van der Waals surface area contributed by atoms with E-state index >= 15 is 0 Å². The van der Waals surface area contributed by atoms with E-state index in [1.54, 1.807) is 17.4 Å². The molecule has 0 bridgehead atoms. The van der Waals surface area contributed by atoms with Crippen LogP contribution in [0.1, 0.15) is 24.2 Å². The Balaban J connectivity index is 1.85. The molecule has 2 nitrogen and oxygen atoms in total. The van der Waals surface area contributed by atoms with Crippen LogP contribution < -0.4 is 5.32 Å². The molecule has 1 heterocycles. The minimum absolute atomic E-state index is 0.266. The molecule has 1 aromatic carbocycles. The Morgan fingerprint density at radius 2 is 2.22 bits per heavy atom. The molecule has 0 spiro atoms. The first-order chi connectivity index (χ1) is 8.66. The molecule has 0 fully saturated rings. The van der Waals surface area contributed by atoms with Gasteiger partial charge in [0.1, 0.15) is 0 Å². The van der Waals surface area contributed by atoms with Gasteiger partial charge in [0.2, 0.25) is 0 Å². The number of nitrogens with one attached hydrogen (secondary N) is 1. The van der Waals surface area contributed by atoms with Crippen LogP contribution in [0.5, 0.6) is 0 Å². The van der Waals surface area contributed by atoms with Crippen molar-refractivity contribution in [1.29, 1.82) is 0 Å². The van der Waals surface area contributed by atoms with E-state index in [4.69, 9.17) is 23.2 Å². The Labute approximate surface area is 121 Å². The van der Waals surface area contributed by atoms with Crippen LogP contribution in [0.2, 0.25) is 10.0 Å². The molecule has 2 rings (SSSR count). The maximum Gasteiger partial charge on any atom is 0.0795 e. The SMILES string of the molecule is CC(NCCc1ccc(Cl)cc1Cl)c1cscn1. The van der Waals surface area contributed by atoms with Crippen molar-refractivity contribution in [3.8, 4) is 0 Å². The van der Waals surface area contributed by atoms with E-state index in [0.29, 0.717) is 5.02 Å². The number of benzene rings is 1. The minimum atomic E-state index is 0.266. The summed E-state index contributed by atoms with van der Waals surface area (Å²) in [4.78, 5) is 4.28. The molecule has 1 atom stereocenters. The Morgan fingerprint density at radius 1 is 1.39 bits per heavy atom. The fourth-order valence-corrected chi connectivity index (χ4v) is 2.84. The van der Waals surface area contributed by atoms with Gasteiger partial charge in [-0.1, -0.05) is 29.3 Å². The van der Waals surface area contributed by atoms with Gasteiger partial charge in [0, 0.05) is 21.5 Å². The summed E-state index contributed by atoms with van der Waals surface area (Å²) in [6.45, 7) is 2.97. The molecule has 0 saturated heterocycles. The molecule has 5 heteroatoms. The van der Waals surface area contributed by atoms with Crippen LogP contribution in [-0.4, -0.2) is 11.5 Å². The van der Waals surface area contributed by atoms with Crippen molar-refractivity contribution in [1.82, 2.24) is 10.3 Å². The highest BCUT2D eigenvalue weighted by Crippen LogP contribution is 2.21. The van der Waals surface area contributed by atoms with Crippen molar-refractivity contribution in [3.05, 3.63) is 50.4 Å². The smallest absolute Gasteiger partial charge is 0.0795 e. The predicted octanol–water partition coefficient (Wildman–Crippen LogP) is 4.34. The second kappa shape index (κ2) is 6.53. The van der Waals surface area contributed by atoms with Crippen molar-refractivity contribution in [2.75, 3.05) is 6.54 Å². The maximum atomic E-state index is 6.12. The van der Waals surface area contributed by atoms with Gasteiger partial charge in [-0.2, -0.15) is 0 Å². The largest absolute Gasteiger partial charge is 0.308 e. The molecule has 0 amide bonds. The standard InChI is InChI=1S/C13H14Cl2N2S/c1-9(13-7-18-8-17-13)16-5-4-10-2-3-11(14)6-12(10)15/h2-3,6-9,16H,4-5H2,1H3. The monoisotopic (exact) mass is 300 g/mol. The summed E-state index contributed by atoms with van der Waals surface area (Å²) in [7, 11) is 0. The molecular weight excluding hydrogens is 287 g/mol. The molecule has 1 N–H and O–H groups in total. The fourth-order valence-electron chi connectivity index (χ4n) is 1.69. The first-order valence-corrected chi connectivity index (χ1v) is 7.42. The van der Waals surface area contributed by atoms with E-state index in [1.165, 1.54) is 0 Å². The van der Waals surface area contributed by atoms with Crippen LogP contribution in [-0.2, 0) is 6.42 Å². The normalized spacial score (nSPS) is 12.6. The Kier molecular flexibility index (Phi) is 5.01. The van der Waals surface area contributed by atoms with Crippen molar-refractivity contribution in [3.63, 3.8) is 0 Å². The summed E-state index contributed by atoms with van der Waals surface area (Å²) in [5.41, 5.74) is 4.05. The Bertz CT molecular complexity index is 500. The molecule has 0 radical (unpaired) electrons. The molecule has 0 aliphatic heterocycles. The Morgan fingerprint density at radius 3 is 2.89 bits per heavy atom. The maximum absolute atomic E-state index is 6.12. The average Bonchev–Trinajstić information content (AvgIpc) is 2.85. The van der Waals surface area contributed by atoms with Gasteiger partial charge in [0.15, 0.2) is 0 Å². The number of hydrogen-bond donors (Lipinski definition) is 1. The summed E-state index contributed by atoms with van der Waals surface area (Å²) in [6, 6.07) is 5.89. The van der Waals surface area contributed by atoms with Crippen LogP contribution in [0, 0.1) is 0 Å². The highest BCUT2D eigenvalue weighted by molar-refractivity contribution is 7.07. The van der Waals surface area contributed by atoms with E-state index in [1.807, 2.05) is 17.6 Å². The van der Waals surface area contributed by atoms with Crippen LogP contribution in [0.15, 0.2) is 29.1 Å². The molecule has 1 unspecified atom stereocenters. The average molecular weight is 301 g/mol. The second-order valence-electron chi connectivity index (χ2n) is 4.07. The molecule has 18 heavy (non-hydrogen) atoms. The van der Waals surface area contributed by atoms with E-state index in [2.05, 4.69) is 22.6 Å². The van der Waals surface area contributed by atoms with Crippen LogP contribution in [0.25, 0.3) is 0 Å². The van der Waals surface area contributed by atoms with Crippen molar-refractivity contribution < 1.29 is 0 Å². The number of thiazole rings is 1. The zero-order valence-corrected chi connectivity index (χ0v) is 12.3. The van der Waals surface area contributed by atoms with Gasteiger partial charge in [-0.15, -0.1) is 11.3 Å². The fraction of sp³-hybridized carbons (Fsp3) is 0.308. The van der Waals surface area contributed by atoms with Crippen molar-refractivity contribution in [2.24, 2.45) is 0 Å². The van der Waals surface area contributed by atoms with Crippen molar-refractivity contribution in [2.45, 2.75) is 19.4 Å². The van der Waals surface area contributed by atoms with Crippen LogP contribution in [0.4, 0.5) is 0 Å². The van der Waals surface area contributed by atoms with Gasteiger partial charge in [0.05, 0.1) is 11.2 Å². The first-order valence-electron chi connectivity index (χ1n) is 5.72. The lowest BCUT2D eigenvalue weighted by Gasteiger charge is -2.12. The van der Waals surface area contributed by atoms with E-state index in [-0.39, 0.29) is 6.04 Å². The molecule has 0 saturated carbocycles. The quantitative estimate of drug-likeness (QED) is 0.888. The van der Waals surface area contributed by atoms with E-state index in [9.17, 15) is 0 Å². The van der Waals surface area contributed by atoms with E-state index < -0.39 is 0 Å². The van der Waals surface area contributed by atoms with Crippen LogP contribution in [0.3, 0.4) is 0 Å². The summed E-state index contributed by atoms with van der Waals surface area (Å²) in [6.07, 6.45) is 0.879. The van der Waals surface area contributed by atoms with E-state index in [0.717, 1.165) is 29.2 Å². The molecule has 0 aliphatic rings. The number of hydrogen-bond acceptors (Lipinski definition) is 3. The van der Waals surface area contributed by atoms with Gasteiger partial charge < -0.3 is 5.32 Å². The van der Waals surface area contributed by atoms with Crippen molar-refractivity contribution >= 4 is 34.5 Å². The Hall–Kier alpha value is -0.610. The molecule has 2 aromatic rings. The molecule has 0 aliphatic carbocycles. The lowest BCUT2D eigenvalue weighted by Crippen LogP contribution is -2.21. The summed E-state index contributed by atoms with van der Waals surface area (Å²) < 4.78 is 0. The topological polar surface area (TPSA) is 24.9 Å². The first kappa shape index (κ1) is 13.8. The van der Waals surface area contributed by atoms with Crippen LogP contribution >= 0.6 is 34.5 Å². The zero-order chi connectivity index (χ0) is 13.0. The van der Waals surface area contributed by atoms with Gasteiger partial charge in [0.25, 0.3) is 0 Å². The van der Waals surface area contributed by atoms with Gasteiger partial charge >= 0.3 is 0 Å². The molecule has 96 valence electrons. The summed E-state index contributed by atoms with van der Waals surface area (Å²) in [5, 5.41) is 6.89. The highest BCUT2D eigenvalue weighted by atomic mass is 35.5. The predicted molar refractivity (Wildman–Crippen MR) is 78.7 cm³/mol. The summed E-state index contributed by atoms with van der Waals surface area (Å²) in [5.74, 6) is 0. The third-order valence-electron chi connectivity index (χ3n) is 2.76. The van der Waals surface area contributed by atoms with Gasteiger partial charge in [-0.25, -0.2) is 4.98 Å².